The second-order valence-corrected chi connectivity index (χ2v) is 4.60. The summed E-state index contributed by atoms with van der Waals surface area (Å²) >= 11 is 5.90. The van der Waals surface area contributed by atoms with E-state index in [1.165, 1.54) is 12.1 Å². The van der Waals surface area contributed by atoms with Crippen LogP contribution in [0.3, 0.4) is 0 Å². The van der Waals surface area contributed by atoms with E-state index in [0.29, 0.717) is 16.4 Å². The molecule has 0 saturated heterocycles. The molecule has 0 aliphatic heterocycles. The first kappa shape index (κ1) is 12.7. The van der Waals surface area contributed by atoms with E-state index in [0.717, 1.165) is 11.3 Å². The van der Waals surface area contributed by atoms with Gasteiger partial charge >= 0.3 is 0 Å². The summed E-state index contributed by atoms with van der Waals surface area (Å²) in [6.07, 6.45) is 0. The van der Waals surface area contributed by atoms with Gasteiger partial charge in [-0.05, 0) is 36.8 Å². The van der Waals surface area contributed by atoms with Crippen LogP contribution in [0.4, 0.5) is 21.5 Å². The number of aryl methyl sites for hydroxylation is 1. The van der Waals surface area contributed by atoms with E-state index in [4.69, 9.17) is 17.3 Å². The average Bonchev–Trinajstić information content (AvgIpc) is 2.32. The van der Waals surface area contributed by atoms with Gasteiger partial charge in [-0.15, -0.1) is 0 Å². The average molecular weight is 265 g/mol. The summed E-state index contributed by atoms with van der Waals surface area (Å²) < 4.78 is 13.8. The summed E-state index contributed by atoms with van der Waals surface area (Å²) in [7, 11) is 1.77. The maximum Gasteiger partial charge on any atom is 0.146 e. The quantitative estimate of drug-likeness (QED) is 0.826. The van der Waals surface area contributed by atoms with Crippen molar-refractivity contribution in [3.8, 4) is 0 Å². The molecular formula is C14H14ClFN2. The van der Waals surface area contributed by atoms with Crippen molar-refractivity contribution in [1.29, 1.82) is 0 Å². The molecule has 0 aliphatic carbocycles. The second-order valence-electron chi connectivity index (χ2n) is 4.17. The molecule has 2 aromatic carbocycles. The zero-order valence-corrected chi connectivity index (χ0v) is 11.0. The summed E-state index contributed by atoms with van der Waals surface area (Å²) in [4.78, 5) is 1.71. The van der Waals surface area contributed by atoms with E-state index in [1.54, 1.807) is 24.1 Å². The molecule has 2 nitrogen and oxygen atoms in total. The summed E-state index contributed by atoms with van der Waals surface area (Å²) in [5.41, 5.74) is 8.74. The fourth-order valence-electron chi connectivity index (χ4n) is 2.00. The molecule has 2 N–H and O–H groups in total. The van der Waals surface area contributed by atoms with Crippen molar-refractivity contribution in [2.75, 3.05) is 17.7 Å². The van der Waals surface area contributed by atoms with Crippen molar-refractivity contribution in [2.24, 2.45) is 0 Å². The van der Waals surface area contributed by atoms with Gasteiger partial charge in [-0.1, -0.05) is 23.7 Å². The summed E-state index contributed by atoms with van der Waals surface area (Å²) in [6, 6.07) is 10.1. The van der Waals surface area contributed by atoms with Crippen molar-refractivity contribution in [3.63, 3.8) is 0 Å². The van der Waals surface area contributed by atoms with Gasteiger partial charge in [0.1, 0.15) is 5.82 Å². The Morgan fingerprint density at radius 3 is 2.61 bits per heavy atom. The number of nitrogen functional groups attached to an aromatic ring is 1. The number of anilines is 3. The molecule has 18 heavy (non-hydrogen) atoms. The number of para-hydroxylation sites is 1. The molecule has 0 radical (unpaired) electrons. The maximum atomic E-state index is 13.8. The molecular weight excluding hydrogens is 251 g/mol. The SMILES string of the molecule is Cc1cccc(N)c1N(C)c1cc(Cl)ccc1F. The molecule has 0 bridgehead atoms. The summed E-state index contributed by atoms with van der Waals surface area (Å²) in [5, 5.41) is 0.491. The fraction of sp³-hybridized carbons (Fsp3) is 0.143. The monoisotopic (exact) mass is 264 g/mol. The van der Waals surface area contributed by atoms with Crippen LogP contribution in [0.5, 0.6) is 0 Å². The van der Waals surface area contributed by atoms with Crippen LogP contribution in [0.15, 0.2) is 36.4 Å². The van der Waals surface area contributed by atoms with Gasteiger partial charge in [0, 0.05) is 12.1 Å². The Hall–Kier alpha value is -1.74. The molecule has 0 unspecified atom stereocenters. The van der Waals surface area contributed by atoms with Crippen LogP contribution in [0.25, 0.3) is 0 Å². The molecule has 0 spiro atoms. The van der Waals surface area contributed by atoms with Crippen molar-refractivity contribution in [1.82, 2.24) is 0 Å². The highest BCUT2D eigenvalue weighted by atomic mass is 35.5. The van der Waals surface area contributed by atoms with Crippen molar-refractivity contribution in [2.45, 2.75) is 6.92 Å². The zero-order chi connectivity index (χ0) is 13.3. The van der Waals surface area contributed by atoms with Crippen molar-refractivity contribution < 1.29 is 4.39 Å². The molecule has 2 aromatic rings. The van der Waals surface area contributed by atoms with Crippen LogP contribution < -0.4 is 10.6 Å². The Morgan fingerprint density at radius 2 is 1.94 bits per heavy atom. The van der Waals surface area contributed by atoms with E-state index in [9.17, 15) is 4.39 Å². The Balaban J connectivity index is 2.54. The highest BCUT2D eigenvalue weighted by Gasteiger charge is 2.14. The van der Waals surface area contributed by atoms with Crippen LogP contribution in [-0.4, -0.2) is 7.05 Å². The van der Waals surface area contributed by atoms with Gasteiger partial charge in [-0.2, -0.15) is 0 Å². The van der Waals surface area contributed by atoms with E-state index in [-0.39, 0.29) is 5.82 Å². The van der Waals surface area contributed by atoms with Gasteiger partial charge in [0.25, 0.3) is 0 Å². The van der Waals surface area contributed by atoms with Gasteiger partial charge in [0.15, 0.2) is 0 Å². The zero-order valence-electron chi connectivity index (χ0n) is 10.2. The third-order valence-electron chi connectivity index (χ3n) is 2.87. The largest absolute Gasteiger partial charge is 0.397 e. The number of halogens is 2. The molecule has 0 amide bonds. The standard InChI is InChI=1S/C14H14ClFN2/c1-9-4-3-5-12(17)14(9)18(2)13-8-10(15)6-7-11(13)16/h3-8H,17H2,1-2H3. The lowest BCUT2D eigenvalue weighted by molar-refractivity contribution is 0.627. The first-order chi connectivity index (χ1) is 8.50. The van der Waals surface area contributed by atoms with Gasteiger partial charge in [0.2, 0.25) is 0 Å². The predicted molar refractivity (Wildman–Crippen MR) is 75.1 cm³/mol. The normalized spacial score (nSPS) is 10.4. The minimum absolute atomic E-state index is 0.329. The van der Waals surface area contributed by atoms with Gasteiger partial charge < -0.3 is 10.6 Å². The fourth-order valence-corrected chi connectivity index (χ4v) is 2.17. The second kappa shape index (κ2) is 4.86. The number of nitrogens with zero attached hydrogens (tertiary/aromatic N) is 1. The van der Waals surface area contributed by atoms with Crippen LogP contribution in [0.2, 0.25) is 5.02 Å². The number of nitrogens with two attached hydrogens (primary N) is 1. The summed E-state index contributed by atoms with van der Waals surface area (Å²) in [6.45, 7) is 1.94. The third kappa shape index (κ3) is 2.27. The van der Waals surface area contributed by atoms with E-state index >= 15 is 0 Å². The molecule has 0 aliphatic rings. The van der Waals surface area contributed by atoms with Crippen LogP contribution in [0, 0.1) is 12.7 Å². The van der Waals surface area contributed by atoms with E-state index < -0.39 is 0 Å². The first-order valence-corrected chi connectivity index (χ1v) is 5.92. The first-order valence-electron chi connectivity index (χ1n) is 5.54. The number of benzene rings is 2. The number of hydrogen-bond donors (Lipinski definition) is 1. The predicted octanol–water partition coefficient (Wildman–Crippen LogP) is 4.14. The molecule has 0 heterocycles. The van der Waals surface area contributed by atoms with Gasteiger partial charge in [-0.25, -0.2) is 4.39 Å². The topological polar surface area (TPSA) is 29.3 Å². The minimum atomic E-state index is -0.329. The molecule has 94 valence electrons. The smallest absolute Gasteiger partial charge is 0.146 e. The lowest BCUT2D eigenvalue weighted by Gasteiger charge is -2.24. The molecule has 4 heteroatoms. The summed E-state index contributed by atoms with van der Waals surface area (Å²) in [5.74, 6) is -0.329. The van der Waals surface area contributed by atoms with E-state index in [2.05, 4.69) is 0 Å². The van der Waals surface area contributed by atoms with Crippen LogP contribution in [-0.2, 0) is 0 Å². The Labute approximate surface area is 111 Å². The molecule has 0 atom stereocenters. The van der Waals surface area contributed by atoms with E-state index in [1.807, 2.05) is 19.1 Å². The Morgan fingerprint density at radius 1 is 1.22 bits per heavy atom. The minimum Gasteiger partial charge on any atom is -0.397 e. The molecule has 2 rings (SSSR count). The lowest BCUT2D eigenvalue weighted by Crippen LogP contribution is -2.14. The molecule has 0 saturated carbocycles. The van der Waals surface area contributed by atoms with Crippen molar-refractivity contribution >= 4 is 28.7 Å². The van der Waals surface area contributed by atoms with Gasteiger partial charge in [-0.3, -0.25) is 0 Å². The number of hydrogen-bond acceptors (Lipinski definition) is 2. The maximum absolute atomic E-state index is 13.8. The van der Waals surface area contributed by atoms with Gasteiger partial charge in [0.05, 0.1) is 17.1 Å². The molecule has 0 fully saturated rings. The third-order valence-corrected chi connectivity index (χ3v) is 3.11. The lowest BCUT2D eigenvalue weighted by atomic mass is 10.1. The van der Waals surface area contributed by atoms with Crippen molar-refractivity contribution in [3.05, 3.63) is 52.8 Å². The number of rotatable bonds is 2. The van der Waals surface area contributed by atoms with Crippen LogP contribution in [0.1, 0.15) is 5.56 Å². The highest BCUT2D eigenvalue weighted by molar-refractivity contribution is 6.30. The molecule has 0 aromatic heterocycles. The Bertz CT molecular complexity index is 564. The highest BCUT2D eigenvalue weighted by Crippen LogP contribution is 2.34. The Kier molecular flexibility index (Phi) is 3.43. The van der Waals surface area contributed by atoms with Crippen LogP contribution >= 0.6 is 11.6 Å².